The Bertz CT molecular complexity index is 1320. The average Bonchev–Trinajstić information content (AvgIpc) is 3.23. The van der Waals surface area contributed by atoms with Gasteiger partial charge in [0.25, 0.3) is 5.91 Å². The van der Waals surface area contributed by atoms with Gasteiger partial charge >= 0.3 is 0 Å². The lowest BCUT2D eigenvalue weighted by Gasteiger charge is -2.27. The number of hydrogen-bond donors (Lipinski definition) is 1. The van der Waals surface area contributed by atoms with Crippen LogP contribution in [0.15, 0.2) is 78.9 Å². The number of fused-ring (bicyclic) bond motifs is 1. The van der Waals surface area contributed by atoms with Crippen LogP contribution < -0.4 is 10.1 Å². The van der Waals surface area contributed by atoms with Gasteiger partial charge in [-0.1, -0.05) is 54.1 Å². The molecule has 0 spiro atoms. The molecule has 3 aromatic carbocycles. The van der Waals surface area contributed by atoms with Crippen LogP contribution in [-0.2, 0) is 29.2 Å². The molecule has 0 saturated heterocycles. The number of nitrogens with zero attached hydrogens (tertiary/aromatic N) is 3. The summed E-state index contributed by atoms with van der Waals surface area (Å²) >= 11 is 5.88. The molecule has 0 bridgehead atoms. The molecular formula is C28H29ClN4O3. The number of amides is 2. The second-order valence-corrected chi connectivity index (χ2v) is 9.16. The van der Waals surface area contributed by atoms with E-state index in [0.29, 0.717) is 23.1 Å². The van der Waals surface area contributed by atoms with Crippen molar-refractivity contribution in [2.75, 3.05) is 6.61 Å². The van der Waals surface area contributed by atoms with Gasteiger partial charge in [-0.15, -0.1) is 0 Å². The average molecular weight is 505 g/mol. The number of ether oxygens (including phenoxy) is 1. The van der Waals surface area contributed by atoms with Gasteiger partial charge in [-0.05, 0) is 55.8 Å². The fourth-order valence-electron chi connectivity index (χ4n) is 3.91. The van der Waals surface area contributed by atoms with E-state index >= 15 is 0 Å². The number of nitrogens with one attached hydrogen (secondary N) is 1. The highest BCUT2D eigenvalue weighted by Gasteiger charge is 2.21. The van der Waals surface area contributed by atoms with Gasteiger partial charge in [0.2, 0.25) is 5.91 Å². The van der Waals surface area contributed by atoms with E-state index in [4.69, 9.17) is 16.3 Å². The van der Waals surface area contributed by atoms with Crippen molar-refractivity contribution >= 4 is 34.4 Å². The minimum absolute atomic E-state index is 0.0179. The zero-order valence-corrected chi connectivity index (χ0v) is 21.1. The maximum absolute atomic E-state index is 13.4. The molecule has 0 aliphatic heterocycles. The first-order valence-corrected chi connectivity index (χ1v) is 12.2. The molecule has 1 N–H and O–H groups in total. The van der Waals surface area contributed by atoms with Crippen LogP contribution in [0.2, 0.25) is 5.02 Å². The lowest BCUT2D eigenvalue weighted by molar-refractivity contribution is -0.134. The van der Waals surface area contributed by atoms with Crippen molar-refractivity contribution in [3.63, 3.8) is 0 Å². The number of rotatable bonds is 10. The molecule has 0 saturated carbocycles. The van der Waals surface area contributed by atoms with E-state index in [0.717, 1.165) is 16.6 Å². The Labute approximate surface area is 215 Å². The van der Waals surface area contributed by atoms with Crippen LogP contribution in [0.1, 0.15) is 25.2 Å². The van der Waals surface area contributed by atoms with Crippen molar-refractivity contribution in [3.05, 3.63) is 95.3 Å². The summed E-state index contributed by atoms with van der Waals surface area (Å²) in [6.45, 7) is 4.70. The predicted molar refractivity (Wildman–Crippen MR) is 141 cm³/mol. The molecule has 2 amide bonds. The third kappa shape index (κ3) is 6.43. The molecule has 4 aromatic rings. The second kappa shape index (κ2) is 11.7. The molecule has 0 aliphatic rings. The summed E-state index contributed by atoms with van der Waals surface area (Å²) in [5, 5.41) is 3.45. The molecule has 1 heterocycles. The zero-order chi connectivity index (χ0) is 25.5. The van der Waals surface area contributed by atoms with Crippen LogP contribution in [0.4, 0.5) is 0 Å². The van der Waals surface area contributed by atoms with Gasteiger partial charge in [-0.2, -0.15) is 0 Å². The van der Waals surface area contributed by atoms with Gasteiger partial charge in [-0.3, -0.25) is 9.59 Å². The fourth-order valence-corrected chi connectivity index (χ4v) is 4.04. The number of aromatic nitrogens is 2. The monoisotopic (exact) mass is 504 g/mol. The van der Waals surface area contributed by atoms with Crippen LogP contribution in [0, 0.1) is 0 Å². The number of para-hydroxylation sites is 2. The summed E-state index contributed by atoms with van der Waals surface area (Å²) in [7, 11) is 0. The Morgan fingerprint density at radius 3 is 2.42 bits per heavy atom. The van der Waals surface area contributed by atoms with E-state index in [-0.39, 0.29) is 37.6 Å². The van der Waals surface area contributed by atoms with Crippen LogP contribution >= 0.6 is 11.6 Å². The predicted octanol–water partition coefficient (Wildman–Crippen LogP) is 4.82. The quantitative estimate of drug-likeness (QED) is 0.336. The molecule has 4 rings (SSSR count). The minimum Gasteiger partial charge on any atom is -0.484 e. The Morgan fingerprint density at radius 1 is 1.00 bits per heavy atom. The first-order valence-electron chi connectivity index (χ1n) is 11.8. The normalized spacial score (nSPS) is 11.0. The van der Waals surface area contributed by atoms with E-state index in [9.17, 15) is 9.59 Å². The lowest BCUT2D eigenvalue weighted by Crippen LogP contribution is -2.39. The van der Waals surface area contributed by atoms with E-state index < -0.39 is 0 Å². The van der Waals surface area contributed by atoms with Crippen molar-refractivity contribution < 1.29 is 14.3 Å². The Balaban J connectivity index is 1.46. The van der Waals surface area contributed by atoms with Crippen LogP contribution in [0.3, 0.4) is 0 Å². The van der Waals surface area contributed by atoms with Crippen molar-refractivity contribution in [2.45, 2.75) is 39.5 Å². The number of carbonyl (C=O) groups is 2. The molecule has 0 fully saturated rings. The summed E-state index contributed by atoms with van der Waals surface area (Å²) < 4.78 is 7.39. The standard InChI is InChI=1S/C28H29ClN4O3/c1-20(2)32(17-21-8-4-3-5-9-21)28(35)18-33-25-11-7-6-10-24(25)31-26(33)16-30-27(34)19-36-23-14-12-22(29)13-15-23/h3-15,20H,16-19H2,1-2H3,(H,30,34). The Hall–Kier alpha value is -3.84. The lowest BCUT2D eigenvalue weighted by atomic mass is 10.2. The Kier molecular flexibility index (Phi) is 8.23. The number of hydrogen-bond acceptors (Lipinski definition) is 4. The molecule has 36 heavy (non-hydrogen) atoms. The number of benzene rings is 3. The summed E-state index contributed by atoms with van der Waals surface area (Å²) in [6.07, 6.45) is 0. The zero-order valence-electron chi connectivity index (χ0n) is 20.4. The highest BCUT2D eigenvalue weighted by atomic mass is 35.5. The first-order chi connectivity index (χ1) is 17.4. The molecule has 0 aliphatic carbocycles. The SMILES string of the molecule is CC(C)N(Cc1ccccc1)C(=O)Cn1c(CNC(=O)COc2ccc(Cl)cc2)nc2ccccc21. The molecule has 186 valence electrons. The molecule has 0 atom stereocenters. The van der Waals surface area contributed by atoms with Gasteiger partial charge in [0, 0.05) is 17.6 Å². The summed E-state index contributed by atoms with van der Waals surface area (Å²) in [4.78, 5) is 32.4. The van der Waals surface area contributed by atoms with Crippen molar-refractivity contribution in [1.82, 2.24) is 19.8 Å². The van der Waals surface area contributed by atoms with E-state index in [2.05, 4.69) is 10.3 Å². The molecule has 8 heteroatoms. The number of halogens is 1. The molecule has 0 radical (unpaired) electrons. The third-order valence-corrected chi connectivity index (χ3v) is 6.05. The van der Waals surface area contributed by atoms with Crippen molar-refractivity contribution in [1.29, 1.82) is 0 Å². The number of carbonyl (C=O) groups excluding carboxylic acids is 2. The van der Waals surface area contributed by atoms with E-state index in [1.165, 1.54) is 0 Å². The molecule has 7 nitrogen and oxygen atoms in total. The van der Waals surface area contributed by atoms with E-state index in [1.54, 1.807) is 24.3 Å². The van der Waals surface area contributed by atoms with Gasteiger partial charge in [0.15, 0.2) is 6.61 Å². The Morgan fingerprint density at radius 2 is 1.69 bits per heavy atom. The van der Waals surface area contributed by atoms with Gasteiger partial charge in [0.1, 0.15) is 18.1 Å². The largest absolute Gasteiger partial charge is 0.484 e. The maximum atomic E-state index is 13.4. The summed E-state index contributed by atoms with van der Waals surface area (Å²) in [5.74, 6) is 0.853. The van der Waals surface area contributed by atoms with Gasteiger partial charge < -0.3 is 19.5 Å². The van der Waals surface area contributed by atoms with Crippen LogP contribution in [0.25, 0.3) is 11.0 Å². The second-order valence-electron chi connectivity index (χ2n) is 8.72. The fraction of sp³-hybridized carbons (Fsp3) is 0.250. The minimum atomic E-state index is -0.289. The van der Waals surface area contributed by atoms with E-state index in [1.807, 2.05) is 77.9 Å². The summed E-state index contributed by atoms with van der Waals surface area (Å²) in [6, 6.07) is 24.4. The van der Waals surface area contributed by atoms with Crippen molar-refractivity contribution in [3.8, 4) is 5.75 Å². The van der Waals surface area contributed by atoms with Crippen molar-refractivity contribution in [2.24, 2.45) is 0 Å². The smallest absolute Gasteiger partial charge is 0.258 e. The maximum Gasteiger partial charge on any atom is 0.258 e. The first kappa shape index (κ1) is 25.3. The van der Waals surface area contributed by atoms with Crippen LogP contribution in [-0.4, -0.2) is 38.9 Å². The highest BCUT2D eigenvalue weighted by molar-refractivity contribution is 6.30. The van der Waals surface area contributed by atoms with Gasteiger partial charge in [-0.25, -0.2) is 4.98 Å². The van der Waals surface area contributed by atoms with Gasteiger partial charge in [0.05, 0.1) is 17.6 Å². The number of imidazole rings is 1. The van der Waals surface area contributed by atoms with Crippen LogP contribution in [0.5, 0.6) is 5.75 Å². The topological polar surface area (TPSA) is 76.5 Å². The third-order valence-electron chi connectivity index (χ3n) is 5.79. The molecular weight excluding hydrogens is 476 g/mol. The highest BCUT2D eigenvalue weighted by Crippen LogP contribution is 2.18. The molecule has 0 unspecified atom stereocenters. The molecule has 1 aromatic heterocycles. The summed E-state index contributed by atoms with van der Waals surface area (Å²) in [5.41, 5.74) is 2.69.